The summed E-state index contributed by atoms with van der Waals surface area (Å²) in [6, 6.07) is 7.15. The average Bonchev–Trinajstić information content (AvgIpc) is 2.41. The Labute approximate surface area is 116 Å². The molecular weight excluding hydrogens is 256 g/mol. The molecule has 2 rings (SSSR count). The Morgan fingerprint density at radius 2 is 2.10 bits per heavy atom. The van der Waals surface area contributed by atoms with Gasteiger partial charge in [0.05, 0.1) is 24.6 Å². The molecule has 1 heterocycles. The van der Waals surface area contributed by atoms with Gasteiger partial charge in [-0.3, -0.25) is 4.79 Å². The van der Waals surface area contributed by atoms with Gasteiger partial charge in [0.1, 0.15) is 11.6 Å². The summed E-state index contributed by atoms with van der Waals surface area (Å²) in [5.41, 5.74) is 13.2. The van der Waals surface area contributed by atoms with Gasteiger partial charge in [-0.25, -0.2) is 4.98 Å². The molecule has 0 spiro atoms. The molecule has 2 aromatic rings. The number of carbonyl (C=O) groups is 1. The molecule has 0 aliphatic heterocycles. The number of nitrogens with zero attached hydrogens (tertiary/aromatic N) is 1. The SMILES string of the molecule is COc1ccc(Nc2cc(C(N)=O)c(N)cn2)cc1C. The van der Waals surface area contributed by atoms with Crippen LogP contribution in [0.15, 0.2) is 30.5 Å². The molecular formula is C14H16N4O2. The van der Waals surface area contributed by atoms with Crippen molar-refractivity contribution in [1.29, 1.82) is 0 Å². The number of carbonyl (C=O) groups excluding carboxylic acids is 1. The van der Waals surface area contributed by atoms with E-state index in [1.807, 2.05) is 25.1 Å². The van der Waals surface area contributed by atoms with Gasteiger partial charge in [-0.1, -0.05) is 0 Å². The first-order chi connectivity index (χ1) is 9.51. The van der Waals surface area contributed by atoms with Crippen LogP contribution in [0.2, 0.25) is 0 Å². The Balaban J connectivity index is 2.28. The number of nitrogens with two attached hydrogens (primary N) is 2. The fourth-order valence-corrected chi connectivity index (χ4v) is 1.85. The first-order valence-corrected chi connectivity index (χ1v) is 5.98. The zero-order chi connectivity index (χ0) is 14.7. The Morgan fingerprint density at radius 1 is 1.35 bits per heavy atom. The Kier molecular flexibility index (Phi) is 3.74. The number of anilines is 3. The molecule has 0 aliphatic rings. The van der Waals surface area contributed by atoms with Crippen molar-refractivity contribution in [1.82, 2.24) is 4.98 Å². The van der Waals surface area contributed by atoms with Crippen molar-refractivity contribution in [3.8, 4) is 5.75 Å². The van der Waals surface area contributed by atoms with Gasteiger partial charge in [0.2, 0.25) is 0 Å². The van der Waals surface area contributed by atoms with E-state index >= 15 is 0 Å². The number of ether oxygens (including phenoxy) is 1. The molecule has 0 saturated heterocycles. The lowest BCUT2D eigenvalue weighted by atomic mass is 10.2. The molecule has 0 aliphatic carbocycles. The predicted octanol–water partition coefficient (Wildman–Crippen LogP) is 1.82. The Bertz CT molecular complexity index is 656. The van der Waals surface area contributed by atoms with Gasteiger partial charge in [0, 0.05) is 5.69 Å². The summed E-state index contributed by atoms with van der Waals surface area (Å²) in [6.45, 7) is 1.94. The number of nitrogens with one attached hydrogen (secondary N) is 1. The molecule has 0 saturated carbocycles. The van der Waals surface area contributed by atoms with Gasteiger partial charge in [-0.05, 0) is 36.8 Å². The lowest BCUT2D eigenvalue weighted by molar-refractivity contribution is 0.100. The number of amides is 1. The van der Waals surface area contributed by atoms with E-state index in [1.165, 1.54) is 12.3 Å². The Morgan fingerprint density at radius 3 is 2.70 bits per heavy atom. The molecule has 1 amide bonds. The number of benzene rings is 1. The van der Waals surface area contributed by atoms with E-state index in [0.29, 0.717) is 5.82 Å². The topological polar surface area (TPSA) is 103 Å². The maximum atomic E-state index is 11.2. The van der Waals surface area contributed by atoms with E-state index in [2.05, 4.69) is 10.3 Å². The van der Waals surface area contributed by atoms with Crippen LogP contribution >= 0.6 is 0 Å². The summed E-state index contributed by atoms with van der Waals surface area (Å²) in [7, 11) is 1.62. The van der Waals surface area contributed by atoms with Crippen molar-refractivity contribution >= 4 is 23.1 Å². The third-order valence-electron chi connectivity index (χ3n) is 2.87. The van der Waals surface area contributed by atoms with Crippen LogP contribution in [0.4, 0.5) is 17.2 Å². The summed E-state index contributed by atoms with van der Waals surface area (Å²) in [5, 5.41) is 3.09. The van der Waals surface area contributed by atoms with E-state index in [9.17, 15) is 4.79 Å². The van der Waals surface area contributed by atoms with E-state index in [4.69, 9.17) is 16.2 Å². The smallest absolute Gasteiger partial charge is 0.250 e. The van der Waals surface area contributed by atoms with E-state index < -0.39 is 5.91 Å². The molecule has 0 fully saturated rings. The number of hydrogen-bond donors (Lipinski definition) is 3. The highest BCUT2D eigenvalue weighted by molar-refractivity contribution is 5.98. The molecule has 6 heteroatoms. The van der Waals surface area contributed by atoms with E-state index in [-0.39, 0.29) is 11.3 Å². The van der Waals surface area contributed by atoms with Crippen molar-refractivity contribution in [2.75, 3.05) is 18.2 Å². The molecule has 0 atom stereocenters. The summed E-state index contributed by atoms with van der Waals surface area (Å²) >= 11 is 0. The standard InChI is InChI=1S/C14H16N4O2/c1-8-5-9(3-4-12(8)20-2)18-13-6-10(14(16)19)11(15)7-17-13/h3-7H,15H2,1-2H3,(H2,16,19)(H,17,18). The second kappa shape index (κ2) is 5.48. The number of aryl methyl sites for hydroxylation is 1. The van der Waals surface area contributed by atoms with Gasteiger partial charge in [-0.15, -0.1) is 0 Å². The molecule has 6 nitrogen and oxygen atoms in total. The highest BCUT2D eigenvalue weighted by atomic mass is 16.5. The molecule has 0 bridgehead atoms. The molecule has 20 heavy (non-hydrogen) atoms. The summed E-state index contributed by atoms with van der Waals surface area (Å²) in [5.74, 6) is 0.718. The number of pyridine rings is 1. The van der Waals surface area contributed by atoms with Crippen molar-refractivity contribution in [2.45, 2.75) is 6.92 Å². The van der Waals surface area contributed by atoms with Crippen LogP contribution in [0.3, 0.4) is 0 Å². The maximum Gasteiger partial charge on any atom is 0.250 e. The number of methoxy groups -OCH3 is 1. The average molecular weight is 272 g/mol. The molecule has 1 aromatic heterocycles. The second-order valence-corrected chi connectivity index (χ2v) is 4.33. The number of primary amides is 1. The van der Waals surface area contributed by atoms with Crippen LogP contribution in [0.1, 0.15) is 15.9 Å². The predicted molar refractivity (Wildman–Crippen MR) is 78.2 cm³/mol. The highest BCUT2D eigenvalue weighted by Gasteiger charge is 2.08. The monoisotopic (exact) mass is 272 g/mol. The van der Waals surface area contributed by atoms with Gasteiger partial charge >= 0.3 is 0 Å². The van der Waals surface area contributed by atoms with Crippen LogP contribution in [0, 0.1) is 6.92 Å². The fourth-order valence-electron chi connectivity index (χ4n) is 1.85. The van der Waals surface area contributed by atoms with Crippen LogP contribution in [-0.4, -0.2) is 18.0 Å². The first-order valence-electron chi connectivity index (χ1n) is 5.98. The van der Waals surface area contributed by atoms with Crippen molar-refractivity contribution in [3.63, 3.8) is 0 Å². The van der Waals surface area contributed by atoms with E-state index in [0.717, 1.165) is 17.0 Å². The minimum atomic E-state index is -0.584. The number of aromatic nitrogens is 1. The van der Waals surface area contributed by atoms with Crippen LogP contribution < -0.4 is 21.5 Å². The van der Waals surface area contributed by atoms with Crippen LogP contribution in [0.5, 0.6) is 5.75 Å². The number of hydrogen-bond acceptors (Lipinski definition) is 5. The lowest BCUT2D eigenvalue weighted by Gasteiger charge is -2.10. The normalized spacial score (nSPS) is 10.1. The van der Waals surface area contributed by atoms with E-state index in [1.54, 1.807) is 7.11 Å². The minimum Gasteiger partial charge on any atom is -0.496 e. The van der Waals surface area contributed by atoms with Crippen LogP contribution in [-0.2, 0) is 0 Å². The molecule has 1 aromatic carbocycles. The minimum absolute atomic E-state index is 0.243. The third kappa shape index (κ3) is 2.80. The van der Waals surface area contributed by atoms with Crippen molar-refractivity contribution in [3.05, 3.63) is 41.6 Å². The quantitative estimate of drug-likeness (QED) is 0.787. The summed E-state index contributed by atoms with van der Waals surface area (Å²) in [4.78, 5) is 15.3. The molecule has 0 radical (unpaired) electrons. The maximum absolute atomic E-state index is 11.2. The van der Waals surface area contributed by atoms with Crippen LogP contribution in [0.25, 0.3) is 0 Å². The molecule has 104 valence electrons. The number of nitrogen functional groups attached to an aromatic ring is 1. The van der Waals surface area contributed by atoms with Gasteiger partial charge in [0.25, 0.3) is 5.91 Å². The summed E-state index contributed by atoms with van der Waals surface area (Å²) in [6.07, 6.45) is 1.40. The van der Waals surface area contributed by atoms with Gasteiger partial charge < -0.3 is 21.5 Å². The Hall–Kier alpha value is -2.76. The zero-order valence-corrected chi connectivity index (χ0v) is 11.3. The first kappa shape index (κ1) is 13.7. The van der Waals surface area contributed by atoms with Crippen molar-refractivity contribution in [2.24, 2.45) is 5.73 Å². The van der Waals surface area contributed by atoms with Gasteiger partial charge in [0.15, 0.2) is 0 Å². The summed E-state index contributed by atoms with van der Waals surface area (Å²) < 4.78 is 5.20. The second-order valence-electron chi connectivity index (χ2n) is 4.33. The highest BCUT2D eigenvalue weighted by Crippen LogP contribution is 2.24. The molecule has 5 N–H and O–H groups in total. The van der Waals surface area contributed by atoms with Gasteiger partial charge in [-0.2, -0.15) is 0 Å². The lowest BCUT2D eigenvalue weighted by Crippen LogP contribution is -2.14. The molecule has 0 unspecified atom stereocenters. The largest absolute Gasteiger partial charge is 0.496 e. The fraction of sp³-hybridized carbons (Fsp3) is 0.143. The zero-order valence-electron chi connectivity index (χ0n) is 11.3. The number of rotatable bonds is 4. The van der Waals surface area contributed by atoms with Crippen molar-refractivity contribution < 1.29 is 9.53 Å². The third-order valence-corrected chi connectivity index (χ3v) is 2.87.